The van der Waals surface area contributed by atoms with Crippen molar-refractivity contribution < 1.29 is 40.6 Å². The van der Waals surface area contributed by atoms with Crippen LogP contribution in [0.4, 0.5) is 26.3 Å². The van der Waals surface area contributed by atoms with Crippen molar-refractivity contribution in [3.8, 4) is 11.5 Å². The minimum atomic E-state index is -5.01. The van der Waals surface area contributed by atoms with E-state index in [-0.39, 0.29) is 23.6 Å². The van der Waals surface area contributed by atoms with Gasteiger partial charge in [0.2, 0.25) is 0 Å². The van der Waals surface area contributed by atoms with Crippen molar-refractivity contribution in [1.82, 2.24) is 9.88 Å². The number of aliphatic imine (C=N–C) groups is 1. The normalized spacial score (nSPS) is 18.5. The van der Waals surface area contributed by atoms with Gasteiger partial charge >= 0.3 is 12.4 Å². The van der Waals surface area contributed by atoms with Gasteiger partial charge in [0.1, 0.15) is 6.61 Å². The Morgan fingerprint density at radius 3 is 2.55 bits per heavy atom. The molecule has 0 radical (unpaired) electrons. The van der Waals surface area contributed by atoms with Crippen molar-refractivity contribution in [2.24, 2.45) is 4.99 Å². The monoisotopic (exact) mass is 607 g/mol. The van der Waals surface area contributed by atoms with Gasteiger partial charge in [-0.1, -0.05) is 18.2 Å². The summed E-state index contributed by atoms with van der Waals surface area (Å²) in [5.74, 6) is -0.155. The molecular weight excluding hydrogens is 584 g/mol. The highest BCUT2D eigenvalue weighted by Crippen LogP contribution is 2.41. The predicted octanol–water partition coefficient (Wildman–Crippen LogP) is 7.51. The number of halogens is 6. The third kappa shape index (κ3) is 6.40. The molecule has 1 aromatic heterocycles. The lowest BCUT2D eigenvalue weighted by atomic mass is 10.0. The summed E-state index contributed by atoms with van der Waals surface area (Å²) in [5, 5.41) is 0.599. The number of methoxy groups -OCH3 is 1. The van der Waals surface area contributed by atoms with E-state index >= 15 is 0 Å². The molecule has 0 bridgehead atoms. The average molecular weight is 608 g/mol. The van der Waals surface area contributed by atoms with Gasteiger partial charge in [-0.2, -0.15) is 31.3 Å². The van der Waals surface area contributed by atoms with Crippen LogP contribution < -0.4 is 9.47 Å². The van der Waals surface area contributed by atoms with E-state index in [0.717, 1.165) is 31.0 Å². The fraction of sp³-hybridized carbons (Fsp3) is 0.276. The van der Waals surface area contributed by atoms with Gasteiger partial charge in [0.15, 0.2) is 16.7 Å². The average Bonchev–Trinajstić information content (AvgIpc) is 3.58. The lowest BCUT2D eigenvalue weighted by molar-refractivity contribution is -0.143. The lowest BCUT2D eigenvalue weighted by Crippen LogP contribution is -2.27. The zero-order chi connectivity index (χ0) is 30.1. The number of amidine groups is 1. The summed E-state index contributed by atoms with van der Waals surface area (Å²) in [6, 6.07) is 9.90. The van der Waals surface area contributed by atoms with Crippen LogP contribution in [0.5, 0.6) is 11.5 Å². The highest BCUT2D eigenvalue weighted by molar-refractivity contribution is 8.18. The van der Waals surface area contributed by atoms with Gasteiger partial charge < -0.3 is 14.4 Å². The Morgan fingerprint density at radius 2 is 1.86 bits per heavy atom. The number of ether oxygens (including phenoxy) is 2. The number of likely N-dealkylation sites (tertiary alicyclic amines) is 1. The maximum absolute atomic E-state index is 13.5. The van der Waals surface area contributed by atoms with Crippen LogP contribution in [0.2, 0.25) is 0 Å². The zero-order valence-corrected chi connectivity index (χ0v) is 22.8. The molecular formula is C29H23F6N3O3S. The van der Waals surface area contributed by atoms with Gasteiger partial charge in [-0.25, -0.2) is 0 Å². The number of nitrogens with zero attached hydrogens (tertiary/aromatic N) is 3. The number of pyridine rings is 1. The topological polar surface area (TPSA) is 64.0 Å². The number of carbonyl (C=O) groups is 1. The molecule has 0 spiro atoms. The molecule has 1 atom stereocenters. The standard InChI is InChI=1S/C29H23F6N3O3S/c1-40-24-12-17(6-9-23(24)41-16-19-7-8-20(28(30,31)32)14-21(19)29(33,34)35)13-25-26(39)37-27(42-25)38-11-3-5-22(38)18-4-2-10-36-15-18/h2,4,6-10,12-15,22H,3,5,11,16H2,1H3/b25-13-. The molecule has 0 N–H and O–H groups in total. The van der Waals surface area contributed by atoms with Crippen LogP contribution in [0.3, 0.4) is 0 Å². The molecule has 1 saturated heterocycles. The van der Waals surface area contributed by atoms with Crippen molar-refractivity contribution >= 4 is 28.9 Å². The highest BCUT2D eigenvalue weighted by Gasteiger charge is 2.38. The van der Waals surface area contributed by atoms with E-state index in [2.05, 4.69) is 14.9 Å². The van der Waals surface area contributed by atoms with Gasteiger partial charge in [-0.15, -0.1) is 0 Å². The first-order valence-corrected chi connectivity index (χ1v) is 13.5. The molecule has 2 aromatic carbocycles. The van der Waals surface area contributed by atoms with Crippen LogP contribution in [0, 0.1) is 0 Å². The van der Waals surface area contributed by atoms with E-state index in [1.165, 1.54) is 24.9 Å². The number of hydrogen-bond acceptors (Lipinski definition) is 6. The Labute approximate surface area is 241 Å². The first kappa shape index (κ1) is 29.5. The molecule has 5 rings (SSSR count). The largest absolute Gasteiger partial charge is 0.493 e. The second-order valence-electron chi connectivity index (χ2n) is 9.51. The summed E-state index contributed by atoms with van der Waals surface area (Å²) in [5.41, 5.74) is -1.70. The maximum atomic E-state index is 13.5. The number of rotatable bonds is 6. The molecule has 1 fully saturated rings. The quantitative estimate of drug-likeness (QED) is 0.214. The number of hydrogen-bond donors (Lipinski definition) is 0. The Balaban J connectivity index is 1.31. The molecule has 220 valence electrons. The van der Waals surface area contributed by atoms with Crippen molar-refractivity contribution in [1.29, 1.82) is 0 Å². The predicted molar refractivity (Wildman–Crippen MR) is 145 cm³/mol. The molecule has 1 amide bonds. The van der Waals surface area contributed by atoms with Crippen LogP contribution >= 0.6 is 11.8 Å². The molecule has 1 unspecified atom stereocenters. The molecule has 13 heteroatoms. The Bertz CT molecular complexity index is 1540. The third-order valence-corrected chi connectivity index (χ3v) is 7.81. The second-order valence-corrected chi connectivity index (χ2v) is 10.5. The van der Waals surface area contributed by atoms with Gasteiger partial charge in [-0.05, 0) is 72.1 Å². The molecule has 0 aliphatic carbocycles. The first-order valence-electron chi connectivity index (χ1n) is 12.7. The van der Waals surface area contributed by atoms with E-state index in [0.29, 0.717) is 21.7 Å². The fourth-order valence-corrected chi connectivity index (χ4v) is 5.77. The van der Waals surface area contributed by atoms with E-state index in [4.69, 9.17) is 9.47 Å². The molecule has 42 heavy (non-hydrogen) atoms. The van der Waals surface area contributed by atoms with E-state index in [1.54, 1.807) is 30.6 Å². The van der Waals surface area contributed by atoms with Crippen LogP contribution in [0.15, 0.2) is 70.8 Å². The maximum Gasteiger partial charge on any atom is 0.416 e. The summed E-state index contributed by atoms with van der Waals surface area (Å²) >= 11 is 1.25. The molecule has 2 aliphatic heterocycles. The van der Waals surface area contributed by atoms with Crippen LogP contribution in [-0.2, 0) is 23.8 Å². The van der Waals surface area contributed by atoms with Gasteiger partial charge in [0, 0.05) is 24.5 Å². The Kier molecular flexibility index (Phi) is 8.22. The molecule has 0 saturated carbocycles. The second kappa shape index (κ2) is 11.7. The van der Waals surface area contributed by atoms with Crippen molar-refractivity contribution in [3.63, 3.8) is 0 Å². The summed E-state index contributed by atoms with van der Waals surface area (Å²) in [6.07, 6.45) is -2.95. The smallest absolute Gasteiger partial charge is 0.416 e. The molecule has 6 nitrogen and oxygen atoms in total. The first-order chi connectivity index (χ1) is 19.9. The highest BCUT2D eigenvalue weighted by atomic mass is 32.2. The van der Waals surface area contributed by atoms with Crippen molar-refractivity contribution in [3.05, 3.63) is 93.6 Å². The van der Waals surface area contributed by atoms with Crippen molar-refractivity contribution in [2.75, 3.05) is 13.7 Å². The van der Waals surface area contributed by atoms with E-state index < -0.39 is 41.6 Å². The fourth-order valence-electron chi connectivity index (χ4n) is 4.78. The van der Waals surface area contributed by atoms with E-state index in [1.807, 2.05) is 12.1 Å². The third-order valence-electron chi connectivity index (χ3n) is 6.79. The van der Waals surface area contributed by atoms with Crippen LogP contribution in [0.1, 0.15) is 46.7 Å². The SMILES string of the molecule is COc1cc(/C=C2\SC(N3CCCC3c3cccnc3)=NC2=O)ccc1OCc1ccc(C(F)(F)F)cc1C(F)(F)F. The zero-order valence-electron chi connectivity index (χ0n) is 22.0. The molecule has 3 heterocycles. The summed E-state index contributed by atoms with van der Waals surface area (Å²) in [6.45, 7) is 0.101. The van der Waals surface area contributed by atoms with Gasteiger partial charge in [-0.3, -0.25) is 9.78 Å². The van der Waals surface area contributed by atoms with Crippen LogP contribution in [-0.4, -0.2) is 34.6 Å². The summed E-state index contributed by atoms with van der Waals surface area (Å²) in [4.78, 5) is 23.7. The summed E-state index contributed by atoms with van der Waals surface area (Å²) < 4.78 is 90.3. The van der Waals surface area contributed by atoms with Crippen LogP contribution in [0.25, 0.3) is 6.08 Å². The number of benzene rings is 2. The minimum Gasteiger partial charge on any atom is -0.493 e. The van der Waals surface area contributed by atoms with Gasteiger partial charge in [0.05, 0.1) is 29.2 Å². The number of carbonyl (C=O) groups excluding carboxylic acids is 1. The minimum absolute atomic E-state index is 0.0659. The van der Waals surface area contributed by atoms with Crippen molar-refractivity contribution in [2.45, 2.75) is 37.8 Å². The Morgan fingerprint density at radius 1 is 1.05 bits per heavy atom. The number of alkyl halides is 6. The lowest BCUT2D eigenvalue weighted by Gasteiger charge is -2.25. The number of amides is 1. The summed E-state index contributed by atoms with van der Waals surface area (Å²) in [7, 11) is 1.33. The number of aromatic nitrogens is 1. The molecule has 2 aliphatic rings. The van der Waals surface area contributed by atoms with Gasteiger partial charge in [0.25, 0.3) is 5.91 Å². The molecule has 3 aromatic rings. The number of thioether (sulfide) groups is 1. The van der Waals surface area contributed by atoms with E-state index in [9.17, 15) is 31.1 Å². The Hall–Kier alpha value is -4.00.